The van der Waals surface area contributed by atoms with E-state index in [-0.39, 0.29) is 45.4 Å². The number of piperidine rings is 1. The zero-order chi connectivity index (χ0) is 30.9. The second kappa shape index (κ2) is 12.0. The third-order valence-corrected chi connectivity index (χ3v) is 8.09. The maximum absolute atomic E-state index is 14.8. The summed E-state index contributed by atoms with van der Waals surface area (Å²) in [5.41, 5.74) is 5.71. The van der Waals surface area contributed by atoms with E-state index < -0.39 is 36.0 Å². The molecule has 0 amide bonds. The molecule has 2 aliphatic rings. The number of benzene rings is 2. The number of aliphatic carboxylic acids is 1. The highest BCUT2D eigenvalue weighted by Crippen LogP contribution is 2.47. The van der Waals surface area contributed by atoms with Gasteiger partial charge in [-0.05, 0) is 67.0 Å². The molecule has 0 saturated carbocycles. The van der Waals surface area contributed by atoms with Crippen LogP contribution in [-0.2, 0) is 4.79 Å². The predicted molar refractivity (Wildman–Crippen MR) is 152 cm³/mol. The van der Waals surface area contributed by atoms with Crippen molar-refractivity contribution in [3.63, 3.8) is 0 Å². The summed E-state index contributed by atoms with van der Waals surface area (Å²) in [6.07, 6.45) is -5.67. The standard InChI is InChI=1S/C29H30ClF4N5O4/c1-2-42-21-12-17(30)11-19(16-3-5-18(31)6-4-16)24(21)25(29(32,33)34)43-23-13-22(37-27(35)38-23)39-9-7-28(8-10-39)14-20(26(40)41)36-15-28/h3-6,11-13,20,25,36H,2,7-10,14-15H2,1H3,(H,40,41)(H2,35,37,38)/t20-,25+/m0/s1. The quantitative estimate of drug-likeness (QED) is 0.274. The summed E-state index contributed by atoms with van der Waals surface area (Å²) in [6, 6.07) is 8.26. The van der Waals surface area contributed by atoms with Gasteiger partial charge >= 0.3 is 12.1 Å². The molecule has 14 heteroatoms. The van der Waals surface area contributed by atoms with E-state index in [1.807, 2.05) is 4.90 Å². The van der Waals surface area contributed by atoms with Gasteiger partial charge in [0.25, 0.3) is 0 Å². The number of halogens is 5. The third kappa shape index (κ3) is 6.72. The summed E-state index contributed by atoms with van der Waals surface area (Å²) in [5.74, 6) is -1.98. The van der Waals surface area contributed by atoms with Gasteiger partial charge in [-0.1, -0.05) is 23.7 Å². The van der Waals surface area contributed by atoms with Crippen LogP contribution in [0.25, 0.3) is 11.1 Å². The summed E-state index contributed by atoms with van der Waals surface area (Å²) >= 11 is 6.26. The Bertz CT molecular complexity index is 1480. The van der Waals surface area contributed by atoms with Gasteiger partial charge in [0.2, 0.25) is 17.9 Å². The van der Waals surface area contributed by atoms with Crippen molar-refractivity contribution >= 4 is 29.3 Å². The number of nitrogens with one attached hydrogen (secondary N) is 1. The molecular formula is C29H30ClF4N5O4. The number of rotatable bonds is 8. The molecular weight excluding hydrogens is 594 g/mol. The van der Waals surface area contributed by atoms with Crippen molar-refractivity contribution in [3.8, 4) is 22.8 Å². The van der Waals surface area contributed by atoms with Crippen LogP contribution in [0, 0.1) is 11.2 Å². The first-order valence-corrected chi connectivity index (χ1v) is 14.1. The van der Waals surface area contributed by atoms with Crippen LogP contribution < -0.4 is 25.4 Å². The summed E-state index contributed by atoms with van der Waals surface area (Å²) < 4.78 is 69.2. The molecule has 2 saturated heterocycles. The van der Waals surface area contributed by atoms with Gasteiger partial charge in [0.05, 0.1) is 12.2 Å². The Morgan fingerprint density at radius 3 is 2.51 bits per heavy atom. The lowest BCUT2D eigenvalue weighted by atomic mass is 9.76. The highest BCUT2D eigenvalue weighted by molar-refractivity contribution is 6.31. The van der Waals surface area contributed by atoms with Crippen LogP contribution in [0.5, 0.6) is 11.6 Å². The smallest absolute Gasteiger partial charge is 0.429 e. The van der Waals surface area contributed by atoms with E-state index in [9.17, 15) is 27.5 Å². The lowest BCUT2D eigenvalue weighted by molar-refractivity contribution is -0.199. The van der Waals surface area contributed by atoms with Crippen molar-refractivity contribution in [1.82, 2.24) is 15.3 Å². The Kier molecular flexibility index (Phi) is 8.57. The molecule has 0 unspecified atom stereocenters. The maximum Gasteiger partial charge on any atom is 0.429 e. The Morgan fingerprint density at radius 1 is 1.21 bits per heavy atom. The van der Waals surface area contributed by atoms with Gasteiger partial charge in [-0.2, -0.15) is 23.1 Å². The summed E-state index contributed by atoms with van der Waals surface area (Å²) in [6.45, 7) is 3.23. The van der Waals surface area contributed by atoms with Crippen LogP contribution in [-0.4, -0.2) is 59.5 Å². The molecule has 2 atom stereocenters. The molecule has 3 aromatic rings. The van der Waals surface area contributed by atoms with Gasteiger partial charge in [-0.3, -0.25) is 4.79 Å². The topological polar surface area (TPSA) is 123 Å². The molecule has 43 heavy (non-hydrogen) atoms. The fourth-order valence-electron chi connectivity index (χ4n) is 5.75. The predicted octanol–water partition coefficient (Wildman–Crippen LogP) is 5.63. The van der Waals surface area contributed by atoms with E-state index in [0.717, 1.165) is 12.1 Å². The number of alkyl halides is 3. The number of aromatic nitrogens is 2. The van der Waals surface area contributed by atoms with E-state index in [1.165, 1.54) is 30.3 Å². The minimum Gasteiger partial charge on any atom is -0.493 e. The molecule has 0 bridgehead atoms. The van der Waals surface area contributed by atoms with Crippen LogP contribution >= 0.6 is 11.6 Å². The fraction of sp³-hybridized carbons (Fsp3) is 0.414. The minimum atomic E-state index is -4.94. The molecule has 1 aromatic heterocycles. The highest BCUT2D eigenvalue weighted by Gasteiger charge is 2.47. The average molecular weight is 624 g/mol. The van der Waals surface area contributed by atoms with Crippen LogP contribution in [0.2, 0.25) is 5.02 Å². The van der Waals surface area contributed by atoms with Crippen molar-refractivity contribution in [2.45, 2.75) is 44.5 Å². The number of anilines is 2. The van der Waals surface area contributed by atoms with Crippen molar-refractivity contribution in [2.24, 2.45) is 5.41 Å². The lowest BCUT2D eigenvalue weighted by Gasteiger charge is -2.39. The van der Waals surface area contributed by atoms with Gasteiger partial charge in [-0.25, -0.2) is 4.39 Å². The van der Waals surface area contributed by atoms with Gasteiger partial charge < -0.3 is 30.5 Å². The van der Waals surface area contributed by atoms with Gasteiger partial charge in [0.1, 0.15) is 23.4 Å². The number of nitrogens with zero attached hydrogens (tertiary/aromatic N) is 3. The van der Waals surface area contributed by atoms with Gasteiger partial charge in [0, 0.05) is 30.7 Å². The molecule has 0 aliphatic carbocycles. The minimum absolute atomic E-state index is 0.0462. The van der Waals surface area contributed by atoms with E-state index in [4.69, 9.17) is 26.8 Å². The van der Waals surface area contributed by atoms with Crippen molar-refractivity contribution in [2.75, 3.05) is 36.9 Å². The van der Waals surface area contributed by atoms with Crippen LogP contribution in [0.15, 0.2) is 42.5 Å². The average Bonchev–Trinajstić information content (AvgIpc) is 3.36. The third-order valence-electron chi connectivity index (χ3n) is 7.87. The first-order valence-electron chi connectivity index (χ1n) is 13.7. The molecule has 5 rings (SSSR count). The number of carboxylic acid groups (broad SMARTS) is 1. The van der Waals surface area contributed by atoms with Gasteiger partial charge in [-0.15, -0.1) is 0 Å². The Hall–Kier alpha value is -3.84. The Labute approximate surface area is 250 Å². The number of hydrogen-bond donors (Lipinski definition) is 3. The second-order valence-electron chi connectivity index (χ2n) is 10.7. The monoisotopic (exact) mass is 623 g/mol. The molecule has 2 aromatic carbocycles. The van der Waals surface area contributed by atoms with E-state index in [0.29, 0.717) is 44.7 Å². The van der Waals surface area contributed by atoms with Crippen molar-refractivity contribution in [1.29, 1.82) is 0 Å². The van der Waals surface area contributed by atoms with Crippen LogP contribution in [0.3, 0.4) is 0 Å². The molecule has 3 heterocycles. The zero-order valence-corrected chi connectivity index (χ0v) is 23.9. The highest BCUT2D eigenvalue weighted by atomic mass is 35.5. The molecule has 0 radical (unpaired) electrons. The summed E-state index contributed by atoms with van der Waals surface area (Å²) in [4.78, 5) is 21.5. The second-order valence-corrected chi connectivity index (χ2v) is 11.2. The van der Waals surface area contributed by atoms with E-state index >= 15 is 0 Å². The molecule has 230 valence electrons. The van der Waals surface area contributed by atoms with E-state index in [2.05, 4.69) is 15.3 Å². The molecule has 4 N–H and O–H groups in total. The zero-order valence-electron chi connectivity index (χ0n) is 23.1. The first kappa shape index (κ1) is 30.6. The Morgan fingerprint density at radius 2 is 1.91 bits per heavy atom. The largest absolute Gasteiger partial charge is 0.493 e. The maximum atomic E-state index is 14.8. The number of nitrogen functional groups attached to an aromatic ring is 1. The van der Waals surface area contributed by atoms with E-state index in [1.54, 1.807) is 6.92 Å². The normalized spacial score (nSPS) is 18.9. The SMILES string of the molecule is CCOc1cc(Cl)cc(-c2ccc(F)cc2)c1[C@@H](Oc1cc(N2CCC3(CC2)CN[C@H](C(=O)O)C3)nc(N)n1)C(F)(F)F. The van der Waals surface area contributed by atoms with Crippen LogP contribution in [0.4, 0.5) is 29.3 Å². The molecule has 1 spiro atoms. The lowest BCUT2D eigenvalue weighted by Crippen LogP contribution is -2.41. The Balaban J connectivity index is 1.47. The van der Waals surface area contributed by atoms with Crippen LogP contribution in [0.1, 0.15) is 37.9 Å². The van der Waals surface area contributed by atoms with Crippen molar-refractivity contribution < 1.29 is 36.9 Å². The number of carboxylic acids is 1. The molecule has 9 nitrogen and oxygen atoms in total. The number of nitrogens with two attached hydrogens (primary N) is 1. The summed E-state index contributed by atoms with van der Waals surface area (Å²) in [7, 11) is 0. The molecule has 2 aliphatic heterocycles. The summed E-state index contributed by atoms with van der Waals surface area (Å²) in [5, 5.41) is 12.5. The van der Waals surface area contributed by atoms with Gasteiger partial charge in [0.15, 0.2) is 0 Å². The number of carbonyl (C=O) groups is 1. The fourth-order valence-corrected chi connectivity index (χ4v) is 5.96. The molecule has 2 fully saturated rings. The first-order chi connectivity index (χ1) is 20.4. The number of ether oxygens (including phenoxy) is 2. The van der Waals surface area contributed by atoms with Crippen molar-refractivity contribution in [3.05, 3.63) is 58.9 Å². The number of hydrogen-bond acceptors (Lipinski definition) is 8.